The molecular formula is C16H20N4O2. The van der Waals surface area contributed by atoms with Crippen molar-refractivity contribution >= 4 is 22.4 Å². The number of morpholine rings is 1. The van der Waals surface area contributed by atoms with Crippen LogP contribution in [0.25, 0.3) is 10.8 Å². The number of carbonyl (C=O) groups excluding carboxylic acids is 1. The van der Waals surface area contributed by atoms with Gasteiger partial charge < -0.3 is 15.8 Å². The molecule has 3 N–H and O–H groups in total. The number of benzene rings is 1. The second-order valence-electron chi connectivity index (χ2n) is 5.35. The normalized spacial score (nSPS) is 15.8. The van der Waals surface area contributed by atoms with E-state index in [1.54, 1.807) is 12.3 Å². The van der Waals surface area contributed by atoms with Crippen LogP contribution in [-0.4, -0.2) is 55.2 Å². The third kappa shape index (κ3) is 3.35. The van der Waals surface area contributed by atoms with Crippen molar-refractivity contribution in [1.29, 1.82) is 0 Å². The molecule has 2 heterocycles. The van der Waals surface area contributed by atoms with Crippen molar-refractivity contribution in [3.8, 4) is 0 Å². The van der Waals surface area contributed by atoms with Gasteiger partial charge >= 0.3 is 0 Å². The van der Waals surface area contributed by atoms with Crippen molar-refractivity contribution in [2.75, 3.05) is 45.1 Å². The van der Waals surface area contributed by atoms with E-state index in [9.17, 15) is 4.79 Å². The molecule has 0 radical (unpaired) electrons. The number of hydrogen-bond acceptors (Lipinski definition) is 5. The predicted octanol–water partition coefficient (Wildman–Crippen LogP) is 0.879. The number of pyridine rings is 1. The number of hydrogen-bond donors (Lipinski definition) is 2. The molecule has 116 valence electrons. The van der Waals surface area contributed by atoms with Gasteiger partial charge in [-0.05, 0) is 23.6 Å². The van der Waals surface area contributed by atoms with Gasteiger partial charge in [0.2, 0.25) is 0 Å². The van der Waals surface area contributed by atoms with E-state index in [-0.39, 0.29) is 5.91 Å². The van der Waals surface area contributed by atoms with Gasteiger partial charge in [0, 0.05) is 43.4 Å². The lowest BCUT2D eigenvalue weighted by atomic mass is 10.1. The summed E-state index contributed by atoms with van der Waals surface area (Å²) in [5.74, 6) is -0.163. The highest BCUT2D eigenvalue weighted by atomic mass is 16.5. The summed E-state index contributed by atoms with van der Waals surface area (Å²) in [5.41, 5.74) is 6.86. The number of rotatable bonds is 4. The van der Waals surface area contributed by atoms with Crippen molar-refractivity contribution in [3.63, 3.8) is 0 Å². The summed E-state index contributed by atoms with van der Waals surface area (Å²) >= 11 is 0. The van der Waals surface area contributed by atoms with Crippen LogP contribution in [0.2, 0.25) is 0 Å². The molecule has 1 aromatic heterocycles. The van der Waals surface area contributed by atoms with Crippen LogP contribution in [-0.2, 0) is 4.74 Å². The van der Waals surface area contributed by atoms with Gasteiger partial charge in [-0.2, -0.15) is 0 Å². The van der Waals surface area contributed by atoms with E-state index in [1.807, 2.05) is 18.2 Å². The minimum atomic E-state index is -0.163. The van der Waals surface area contributed by atoms with Crippen LogP contribution in [0.3, 0.4) is 0 Å². The van der Waals surface area contributed by atoms with Gasteiger partial charge in [-0.1, -0.05) is 6.07 Å². The van der Waals surface area contributed by atoms with Crippen LogP contribution in [0, 0.1) is 0 Å². The Morgan fingerprint density at radius 2 is 2.14 bits per heavy atom. The Hall–Kier alpha value is -2.18. The lowest BCUT2D eigenvalue weighted by Crippen LogP contribution is -2.41. The fourth-order valence-electron chi connectivity index (χ4n) is 2.60. The van der Waals surface area contributed by atoms with Crippen molar-refractivity contribution in [2.24, 2.45) is 0 Å². The van der Waals surface area contributed by atoms with Gasteiger partial charge in [-0.15, -0.1) is 0 Å². The molecule has 6 nitrogen and oxygen atoms in total. The second kappa shape index (κ2) is 6.72. The standard InChI is InChI=1S/C16H20N4O2/c17-13-2-1-12-3-4-18-15(14(12)11-13)16(21)19-5-6-20-7-9-22-10-8-20/h1-4,11H,5-10,17H2,(H,19,21). The Morgan fingerprint density at radius 1 is 1.32 bits per heavy atom. The molecule has 1 fully saturated rings. The number of aromatic nitrogens is 1. The summed E-state index contributed by atoms with van der Waals surface area (Å²) < 4.78 is 5.30. The first kappa shape index (κ1) is 14.7. The zero-order valence-electron chi connectivity index (χ0n) is 12.4. The average molecular weight is 300 g/mol. The number of nitrogens with zero attached hydrogens (tertiary/aromatic N) is 2. The van der Waals surface area contributed by atoms with Crippen molar-refractivity contribution in [1.82, 2.24) is 15.2 Å². The molecule has 0 bridgehead atoms. The molecular weight excluding hydrogens is 280 g/mol. The molecule has 0 unspecified atom stereocenters. The molecule has 22 heavy (non-hydrogen) atoms. The van der Waals surface area contributed by atoms with E-state index in [1.165, 1.54) is 0 Å². The molecule has 6 heteroatoms. The number of nitrogen functional groups attached to an aromatic ring is 1. The Kier molecular flexibility index (Phi) is 4.50. The molecule has 1 saturated heterocycles. The summed E-state index contributed by atoms with van der Waals surface area (Å²) in [7, 11) is 0. The molecule has 1 aromatic carbocycles. The van der Waals surface area contributed by atoms with E-state index in [2.05, 4.69) is 15.2 Å². The van der Waals surface area contributed by atoms with E-state index < -0.39 is 0 Å². The first-order valence-corrected chi connectivity index (χ1v) is 7.46. The number of amides is 1. The lowest BCUT2D eigenvalue weighted by molar-refractivity contribution is 0.0383. The van der Waals surface area contributed by atoms with Crippen LogP contribution < -0.4 is 11.1 Å². The van der Waals surface area contributed by atoms with E-state index in [0.29, 0.717) is 17.9 Å². The molecule has 0 spiro atoms. The molecule has 1 aliphatic rings. The quantitative estimate of drug-likeness (QED) is 0.819. The summed E-state index contributed by atoms with van der Waals surface area (Å²) in [4.78, 5) is 18.8. The van der Waals surface area contributed by atoms with Crippen LogP contribution in [0.15, 0.2) is 30.5 Å². The first-order valence-electron chi connectivity index (χ1n) is 7.46. The zero-order valence-corrected chi connectivity index (χ0v) is 12.4. The Bertz CT molecular complexity index is 668. The maximum Gasteiger partial charge on any atom is 0.270 e. The van der Waals surface area contributed by atoms with Crippen LogP contribution in [0.1, 0.15) is 10.5 Å². The highest BCUT2D eigenvalue weighted by Crippen LogP contribution is 2.19. The monoisotopic (exact) mass is 300 g/mol. The van der Waals surface area contributed by atoms with Crippen LogP contribution >= 0.6 is 0 Å². The van der Waals surface area contributed by atoms with Gasteiger partial charge in [0.15, 0.2) is 0 Å². The highest BCUT2D eigenvalue weighted by Gasteiger charge is 2.13. The van der Waals surface area contributed by atoms with Crippen molar-refractivity contribution in [2.45, 2.75) is 0 Å². The molecule has 1 aliphatic heterocycles. The first-order chi connectivity index (χ1) is 10.7. The molecule has 1 amide bonds. The smallest absolute Gasteiger partial charge is 0.270 e. The van der Waals surface area contributed by atoms with Gasteiger partial charge in [0.25, 0.3) is 5.91 Å². The molecule has 3 rings (SSSR count). The van der Waals surface area contributed by atoms with Crippen molar-refractivity contribution < 1.29 is 9.53 Å². The fourth-order valence-corrected chi connectivity index (χ4v) is 2.60. The summed E-state index contributed by atoms with van der Waals surface area (Å²) in [6.45, 7) is 4.77. The summed E-state index contributed by atoms with van der Waals surface area (Å²) in [6.07, 6.45) is 1.65. The third-order valence-corrected chi connectivity index (χ3v) is 3.82. The maximum atomic E-state index is 12.4. The van der Waals surface area contributed by atoms with Gasteiger partial charge in [0.1, 0.15) is 5.69 Å². The summed E-state index contributed by atoms with van der Waals surface area (Å²) in [6, 6.07) is 7.39. The average Bonchev–Trinajstić information content (AvgIpc) is 2.55. The Balaban J connectivity index is 1.65. The fraction of sp³-hybridized carbons (Fsp3) is 0.375. The number of nitrogens with one attached hydrogen (secondary N) is 1. The molecule has 2 aromatic rings. The second-order valence-corrected chi connectivity index (χ2v) is 5.35. The largest absolute Gasteiger partial charge is 0.399 e. The number of carbonyl (C=O) groups is 1. The van der Waals surface area contributed by atoms with E-state index in [0.717, 1.165) is 43.6 Å². The molecule has 0 atom stereocenters. The van der Waals surface area contributed by atoms with Gasteiger partial charge in [0.05, 0.1) is 13.2 Å². The van der Waals surface area contributed by atoms with Crippen LogP contribution in [0.4, 0.5) is 5.69 Å². The Labute approximate surface area is 129 Å². The zero-order chi connectivity index (χ0) is 15.4. The minimum absolute atomic E-state index is 0.163. The van der Waals surface area contributed by atoms with Crippen molar-refractivity contribution in [3.05, 3.63) is 36.2 Å². The maximum absolute atomic E-state index is 12.4. The highest BCUT2D eigenvalue weighted by molar-refractivity contribution is 6.05. The number of nitrogens with two attached hydrogens (primary N) is 1. The van der Waals surface area contributed by atoms with E-state index in [4.69, 9.17) is 10.5 Å². The number of fused-ring (bicyclic) bond motifs is 1. The van der Waals surface area contributed by atoms with Gasteiger partial charge in [-0.25, -0.2) is 0 Å². The lowest BCUT2D eigenvalue weighted by Gasteiger charge is -2.26. The van der Waals surface area contributed by atoms with Gasteiger partial charge in [-0.3, -0.25) is 14.7 Å². The minimum Gasteiger partial charge on any atom is -0.399 e. The van der Waals surface area contributed by atoms with E-state index >= 15 is 0 Å². The number of ether oxygens (including phenoxy) is 1. The Morgan fingerprint density at radius 3 is 2.95 bits per heavy atom. The third-order valence-electron chi connectivity index (χ3n) is 3.82. The summed E-state index contributed by atoms with van der Waals surface area (Å²) in [5, 5.41) is 4.68. The topological polar surface area (TPSA) is 80.5 Å². The van der Waals surface area contributed by atoms with Crippen LogP contribution in [0.5, 0.6) is 0 Å². The SMILES string of the molecule is Nc1ccc2ccnc(C(=O)NCCN3CCOCC3)c2c1. The molecule has 0 aliphatic carbocycles. The number of anilines is 1. The molecule has 0 saturated carbocycles. The predicted molar refractivity (Wildman–Crippen MR) is 85.7 cm³/mol.